The Hall–Kier alpha value is 0.148. The fourth-order valence-corrected chi connectivity index (χ4v) is 1.77. The molecule has 1 rings (SSSR count). The predicted octanol–water partition coefficient (Wildman–Crippen LogP) is 3.20. The number of rotatable bonds is 1. The van der Waals surface area contributed by atoms with Gasteiger partial charge in [-0.25, -0.2) is 0 Å². The van der Waals surface area contributed by atoms with Crippen LogP contribution >= 0.6 is 21.7 Å². The van der Waals surface area contributed by atoms with Crippen molar-refractivity contribution >= 4 is 31.7 Å². The molecule has 13 heavy (non-hydrogen) atoms. The van der Waals surface area contributed by atoms with E-state index in [1.807, 2.05) is 18.5 Å². The van der Waals surface area contributed by atoms with Gasteiger partial charge in [-0.2, -0.15) is 0 Å². The van der Waals surface area contributed by atoms with Crippen molar-refractivity contribution in [1.82, 2.24) is 0 Å². The van der Waals surface area contributed by atoms with Gasteiger partial charge in [0.15, 0.2) is 0 Å². The van der Waals surface area contributed by atoms with Crippen LogP contribution in [0.1, 0.15) is 11.1 Å². The Morgan fingerprint density at radius 2 is 1.85 bits per heavy atom. The second kappa shape index (κ2) is 5.13. The second-order valence-corrected chi connectivity index (χ2v) is 5.34. The Bertz CT molecular complexity index is 305. The molecule has 0 unspecified atom stereocenters. The molecule has 0 aliphatic carbocycles. The number of aryl methyl sites for hydroxylation is 2. The van der Waals surface area contributed by atoms with Crippen molar-refractivity contribution in [3.05, 3.63) is 29.3 Å². The summed E-state index contributed by atoms with van der Waals surface area (Å²) >= 11 is 6.98. The molecule has 0 heterocycles. The summed E-state index contributed by atoms with van der Waals surface area (Å²) < 4.78 is 0.815. The summed E-state index contributed by atoms with van der Waals surface area (Å²) in [6.45, 7) is 4.17. The first kappa shape index (κ1) is 11.2. The first-order valence-corrected chi connectivity index (χ1v) is 7.41. The summed E-state index contributed by atoms with van der Waals surface area (Å²) in [5, 5.41) is 3.17. The minimum atomic E-state index is 0.815. The number of thiocarbonyl (C=S) groups is 1. The Labute approximate surface area is 98.3 Å². The fourth-order valence-electron chi connectivity index (χ4n) is 1.19. The van der Waals surface area contributed by atoms with Crippen molar-refractivity contribution in [3.8, 4) is 0 Å². The van der Waals surface area contributed by atoms with E-state index in [0.29, 0.717) is 0 Å². The molecular weight excluding hydrogens is 282 g/mol. The summed E-state index contributed by atoms with van der Waals surface area (Å²) in [5.41, 5.74) is 3.60. The summed E-state index contributed by atoms with van der Waals surface area (Å²) in [6, 6.07) is 6.33. The second-order valence-electron chi connectivity index (χ2n) is 2.87. The van der Waals surface area contributed by atoms with Crippen LogP contribution in [-0.4, -0.2) is 4.32 Å². The minimum absolute atomic E-state index is 0.815. The number of benzene rings is 1. The molecule has 0 fully saturated rings. The molecule has 1 aromatic carbocycles. The van der Waals surface area contributed by atoms with Crippen LogP contribution in [0.2, 0.25) is 0 Å². The van der Waals surface area contributed by atoms with Crippen molar-refractivity contribution in [2.45, 2.75) is 13.8 Å². The Morgan fingerprint density at radius 1 is 1.31 bits per heavy atom. The Kier molecular flexibility index (Phi) is 4.43. The van der Waals surface area contributed by atoms with Gasteiger partial charge in [-0.15, -0.1) is 0 Å². The maximum atomic E-state index is 5.08. The van der Waals surface area contributed by atoms with Crippen LogP contribution in [0.3, 0.4) is 0 Å². The zero-order valence-electron chi connectivity index (χ0n) is 7.46. The van der Waals surface area contributed by atoms with Gasteiger partial charge in [0.1, 0.15) is 0 Å². The number of hydrogen-bond donors (Lipinski definition) is 1. The van der Waals surface area contributed by atoms with E-state index in [9.17, 15) is 0 Å². The average molecular weight is 292 g/mol. The van der Waals surface area contributed by atoms with Crippen LogP contribution < -0.4 is 5.32 Å². The van der Waals surface area contributed by atoms with Crippen LogP contribution in [0, 0.1) is 13.8 Å². The van der Waals surface area contributed by atoms with Gasteiger partial charge in [0, 0.05) is 0 Å². The third-order valence-electron chi connectivity index (χ3n) is 1.54. The predicted molar refractivity (Wildman–Crippen MR) is 59.7 cm³/mol. The zero-order chi connectivity index (χ0) is 9.84. The van der Waals surface area contributed by atoms with Crippen LogP contribution in [-0.2, 0) is 18.5 Å². The first-order chi connectivity index (χ1) is 6.11. The molecule has 0 saturated carbocycles. The van der Waals surface area contributed by atoms with Crippen molar-refractivity contribution in [3.63, 3.8) is 0 Å². The third-order valence-corrected chi connectivity index (χ3v) is 4.22. The molecule has 0 spiro atoms. The van der Waals surface area contributed by atoms with Crippen molar-refractivity contribution < 1.29 is 18.5 Å². The van der Waals surface area contributed by atoms with E-state index in [0.717, 1.165) is 10.0 Å². The van der Waals surface area contributed by atoms with Crippen LogP contribution in [0.5, 0.6) is 0 Å². The van der Waals surface area contributed by atoms with Crippen LogP contribution in [0.15, 0.2) is 18.2 Å². The summed E-state index contributed by atoms with van der Waals surface area (Å²) in [7, 11) is 1.56. The summed E-state index contributed by atoms with van der Waals surface area (Å²) in [6.07, 6.45) is 0. The Balaban J connectivity index is 2.83. The molecule has 69 valence electrons. The topological polar surface area (TPSA) is 12.0 Å². The molecule has 0 amide bonds. The SMILES string of the molecule is Cc1cc(C)cc(NC(=S)[S][Mo])c1. The van der Waals surface area contributed by atoms with Gasteiger partial charge in [-0.3, -0.25) is 0 Å². The third kappa shape index (κ3) is 3.80. The molecule has 1 nitrogen and oxygen atoms in total. The quantitative estimate of drug-likeness (QED) is 0.630. The normalized spacial score (nSPS) is 9.69. The van der Waals surface area contributed by atoms with Crippen molar-refractivity contribution in [2.24, 2.45) is 0 Å². The van der Waals surface area contributed by atoms with E-state index >= 15 is 0 Å². The van der Waals surface area contributed by atoms with E-state index in [1.165, 1.54) is 11.1 Å². The molecule has 0 aliphatic rings. The van der Waals surface area contributed by atoms with Crippen LogP contribution in [0.4, 0.5) is 5.69 Å². The molecule has 0 aliphatic heterocycles. The number of hydrogen-bond acceptors (Lipinski definition) is 2. The number of anilines is 1. The van der Waals surface area contributed by atoms with Gasteiger partial charge < -0.3 is 0 Å². The van der Waals surface area contributed by atoms with Gasteiger partial charge in [-0.1, -0.05) is 0 Å². The van der Waals surface area contributed by atoms with E-state index < -0.39 is 0 Å². The molecular formula is C9H10MoNS2. The van der Waals surface area contributed by atoms with E-state index in [-0.39, 0.29) is 0 Å². The fraction of sp³-hybridized carbons (Fsp3) is 0.222. The van der Waals surface area contributed by atoms with Gasteiger partial charge in [-0.05, 0) is 0 Å². The van der Waals surface area contributed by atoms with Crippen molar-refractivity contribution in [1.29, 1.82) is 0 Å². The van der Waals surface area contributed by atoms with Gasteiger partial charge in [0.25, 0.3) is 0 Å². The number of nitrogens with one attached hydrogen (secondary N) is 1. The summed E-state index contributed by atoms with van der Waals surface area (Å²) in [4.78, 5) is 0. The van der Waals surface area contributed by atoms with Gasteiger partial charge in [0.05, 0.1) is 0 Å². The van der Waals surface area contributed by atoms with E-state index in [4.69, 9.17) is 12.2 Å². The monoisotopic (exact) mass is 294 g/mol. The molecule has 0 radical (unpaired) electrons. The molecule has 0 aromatic heterocycles. The summed E-state index contributed by atoms with van der Waals surface area (Å²) in [5.74, 6) is 0. The molecule has 0 saturated heterocycles. The molecule has 0 bridgehead atoms. The molecule has 4 heteroatoms. The van der Waals surface area contributed by atoms with E-state index in [1.54, 1.807) is 9.47 Å². The molecule has 1 aromatic rings. The zero-order valence-corrected chi connectivity index (χ0v) is 11.1. The van der Waals surface area contributed by atoms with Gasteiger partial charge in [0.2, 0.25) is 0 Å². The van der Waals surface area contributed by atoms with E-state index in [2.05, 4.69) is 37.4 Å². The first-order valence-electron chi connectivity index (χ1n) is 3.81. The molecule has 0 atom stereocenters. The standard InChI is InChI=1S/C9H11NS2.Mo/c1-6-3-7(2)5-8(4-6)10-9(11)12;/h3-5H,1-2H3,(H2,10,11,12);/q;+1/p-1. The maximum absolute atomic E-state index is 5.08. The average Bonchev–Trinajstić information content (AvgIpc) is 2.02. The van der Waals surface area contributed by atoms with Crippen molar-refractivity contribution in [2.75, 3.05) is 5.32 Å². The van der Waals surface area contributed by atoms with Crippen LogP contribution in [0.25, 0.3) is 0 Å². The molecule has 1 N–H and O–H groups in total. The van der Waals surface area contributed by atoms with Gasteiger partial charge >= 0.3 is 98.7 Å². The Morgan fingerprint density at radius 3 is 2.31 bits per heavy atom.